The molecule has 19 heavy (non-hydrogen) atoms. The predicted molar refractivity (Wildman–Crippen MR) is 64.7 cm³/mol. The van der Waals surface area contributed by atoms with Crippen molar-refractivity contribution in [1.29, 1.82) is 0 Å². The van der Waals surface area contributed by atoms with Gasteiger partial charge in [-0.25, -0.2) is 0 Å². The highest BCUT2D eigenvalue weighted by Crippen LogP contribution is 2.20. The van der Waals surface area contributed by atoms with Crippen LogP contribution in [0.2, 0.25) is 0 Å². The van der Waals surface area contributed by atoms with E-state index in [1.165, 1.54) is 12.1 Å². The quantitative estimate of drug-likeness (QED) is 0.895. The maximum Gasteiger partial charge on any atom is 0.387 e. The van der Waals surface area contributed by atoms with Gasteiger partial charge in [0.1, 0.15) is 5.75 Å². The third kappa shape index (κ3) is 3.72. The molecule has 0 saturated heterocycles. The zero-order chi connectivity index (χ0) is 13.8. The number of aromatic nitrogens is 3. The van der Waals surface area contributed by atoms with E-state index in [4.69, 9.17) is 5.73 Å². The minimum absolute atomic E-state index is 0.116. The van der Waals surface area contributed by atoms with Crippen LogP contribution in [0.25, 0.3) is 0 Å². The lowest BCUT2D eigenvalue weighted by Crippen LogP contribution is -2.13. The van der Waals surface area contributed by atoms with Gasteiger partial charge in [0.25, 0.3) is 0 Å². The Kier molecular flexibility index (Phi) is 4.06. The molecule has 0 aliphatic rings. The van der Waals surface area contributed by atoms with Gasteiger partial charge >= 0.3 is 6.61 Å². The molecule has 2 rings (SSSR count). The number of hydrogen-bond acceptors (Lipinski definition) is 4. The van der Waals surface area contributed by atoms with Crippen LogP contribution >= 0.6 is 0 Å². The van der Waals surface area contributed by atoms with Crippen molar-refractivity contribution in [1.82, 2.24) is 15.0 Å². The van der Waals surface area contributed by atoms with Crippen molar-refractivity contribution in [3.05, 3.63) is 41.7 Å². The Morgan fingerprint density at radius 1 is 1.32 bits per heavy atom. The number of alkyl halides is 2. The van der Waals surface area contributed by atoms with Crippen LogP contribution in [0.3, 0.4) is 0 Å². The Bertz CT molecular complexity index is 527. The molecule has 5 nitrogen and oxygen atoms in total. The Morgan fingerprint density at radius 2 is 2.00 bits per heavy atom. The van der Waals surface area contributed by atoms with Crippen molar-refractivity contribution in [3.63, 3.8) is 0 Å². The average molecular weight is 268 g/mol. The summed E-state index contributed by atoms with van der Waals surface area (Å²) in [6.45, 7) is -2.82. The van der Waals surface area contributed by atoms with E-state index < -0.39 is 6.61 Å². The summed E-state index contributed by atoms with van der Waals surface area (Å²) in [5.41, 5.74) is 7.63. The summed E-state index contributed by atoms with van der Waals surface area (Å²) in [7, 11) is 1.78. The van der Waals surface area contributed by atoms with Crippen LogP contribution in [0, 0.1) is 0 Å². The molecule has 1 heterocycles. The summed E-state index contributed by atoms with van der Waals surface area (Å²) < 4.78 is 29.9. The molecule has 0 bridgehead atoms. The molecule has 0 amide bonds. The smallest absolute Gasteiger partial charge is 0.387 e. The van der Waals surface area contributed by atoms with Gasteiger partial charge < -0.3 is 10.5 Å². The second-order valence-electron chi connectivity index (χ2n) is 4.14. The summed E-state index contributed by atoms with van der Waals surface area (Å²) in [4.78, 5) is 0. The van der Waals surface area contributed by atoms with Gasteiger partial charge in [-0.3, -0.25) is 4.68 Å². The molecule has 1 atom stereocenters. The van der Waals surface area contributed by atoms with E-state index in [0.29, 0.717) is 6.42 Å². The number of benzene rings is 1. The number of ether oxygens (including phenoxy) is 1. The number of halogens is 2. The van der Waals surface area contributed by atoms with Gasteiger partial charge in [0.15, 0.2) is 0 Å². The van der Waals surface area contributed by atoms with Crippen molar-refractivity contribution in [3.8, 4) is 5.75 Å². The maximum atomic E-state index is 12.0. The van der Waals surface area contributed by atoms with E-state index in [2.05, 4.69) is 15.0 Å². The van der Waals surface area contributed by atoms with Crippen LogP contribution in [-0.4, -0.2) is 21.6 Å². The lowest BCUT2D eigenvalue weighted by atomic mass is 10.0. The molecular formula is C12H14F2N4O. The second kappa shape index (κ2) is 5.75. The van der Waals surface area contributed by atoms with Gasteiger partial charge in [0.05, 0.1) is 5.69 Å². The fraction of sp³-hybridized carbons (Fsp3) is 0.333. The van der Waals surface area contributed by atoms with E-state index >= 15 is 0 Å². The highest BCUT2D eigenvalue weighted by molar-refractivity contribution is 5.29. The minimum atomic E-state index is -2.82. The molecule has 7 heteroatoms. The SMILES string of the molecule is Cn1cc(CC(N)c2ccc(OC(F)F)cc2)nn1. The largest absolute Gasteiger partial charge is 0.435 e. The standard InChI is InChI=1S/C12H14F2N4O/c1-18-7-9(16-17-18)6-11(15)8-2-4-10(5-3-8)19-12(13)14/h2-5,7,11-12H,6,15H2,1H3. The molecule has 102 valence electrons. The number of hydrogen-bond donors (Lipinski definition) is 1. The molecular weight excluding hydrogens is 254 g/mol. The average Bonchev–Trinajstić information content (AvgIpc) is 2.75. The van der Waals surface area contributed by atoms with Crippen LogP contribution in [-0.2, 0) is 13.5 Å². The first kappa shape index (κ1) is 13.4. The topological polar surface area (TPSA) is 66.0 Å². The number of nitrogens with zero attached hydrogens (tertiary/aromatic N) is 3. The Morgan fingerprint density at radius 3 is 2.53 bits per heavy atom. The molecule has 2 aromatic rings. The van der Waals surface area contributed by atoms with Crippen molar-refractivity contribution in [2.24, 2.45) is 12.8 Å². The van der Waals surface area contributed by atoms with Gasteiger partial charge in [-0.2, -0.15) is 8.78 Å². The van der Waals surface area contributed by atoms with Crippen LogP contribution < -0.4 is 10.5 Å². The highest BCUT2D eigenvalue weighted by atomic mass is 19.3. The van der Waals surface area contributed by atoms with Crippen molar-refractivity contribution >= 4 is 0 Å². The number of aryl methyl sites for hydroxylation is 1. The van der Waals surface area contributed by atoms with Gasteiger partial charge in [0, 0.05) is 25.7 Å². The van der Waals surface area contributed by atoms with Gasteiger partial charge in [-0.15, -0.1) is 5.10 Å². The summed E-state index contributed by atoms with van der Waals surface area (Å²) in [5.74, 6) is 0.116. The van der Waals surface area contributed by atoms with E-state index in [0.717, 1.165) is 11.3 Å². The summed E-state index contributed by atoms with van der Waals surface area (Å²) in [5, 5.41) is 7.77. The van der Waals surface area contributed by atoms with Gasteiger partial charge in [-0.1, -0.05) is 17.3 Å². The van der Waals surface area contributed by atoms with Crippen LogP contribution in [0.4, 0.5) is 8.78 Å². The highest BCUT2D eigenvalue weighted by Gasteiger charge is 2.10. The monoisotopic (exact) mass is 268 g/mol. The molecule has 0 aliphatic carbocycles. The fourth-order valence-electron chi connectivity index (χ4n) is 1.73. The fourth-order valence-corrected chi connectivity index (χ4v) is 1.73. The lowest BCUT2D eigenvalue weighted by Gasteiger charge is -2.11. The molecule has 0 fully saturated rings. The molecule has 1 aromatic carbocycles. The third-order valence-electron chi connectivity index (χ3n) is 2.61. The van der Waals surface area contributed by atoms with Gasteiger partial charge in [-0.05, 0) is 17.7 Å². The molecule has 2 N–H and O–H groups in total. The van der Waals surface area contributed by atoms with Crippen LogP contribution in [0.1, 0.15) is 17.3 Å². The zero-order valence-corrected chi connectivity index (χ0v) is 10.3. The summed E-state index contributed by atoms with van der Waals surface area (Å²) >= 11 is 0. The minimum Gasteiger partial charge on any atom is -0.435 e. The number of nitrogens with two attached hydrogens (primary N) is 1. The lowest BCUT2D eigenvalue weighted by molar-refractivity contribution is -0.0498. The van der Waals surface area contributed by atoms with Crippen LogP contribution in [0.15, 0.2) is 30.5 Å². The Labute approximate surface area is 109 Å². The first-order valence-electron chi connectivity index (χ1n) is 5.70. The normalized spacial score (nSPS) is 12.7. The molecule has 0 saturated carbocycles. The molecule has 0 aliphatic heterocycles. The van der Waals surface area contributed by atoms with Gasteiger partial charge in [0.2, 0.25) is 0 Å². The first-order chi connectivity index (χ1) is 9.04. The molecule has 1 aromatic heterocycles. The summed E-state index contributed by atoms with van der Waals surface area (Å²) in [6, 6.07) is 6.00. The molecule has 1 unspecified atom stereocenters. The summed E-state index contributed by atoms with van der Waals surface area (Å²) in [6.07, 6.45) is 2.32. The van der Waals surface area contributed by atoms with Crippen LogP contribution in [0.5, 0.6) is 5.75 Å². The Balaban J connectivity index is 2.01. The van der Waals surface area contributed by atoms with E-state index in [-0.39, 0.29) is 11.8 Å². The van der Waals surface area contributed by atoms with Crippen molar-refractivity contribution in [2.75, 3.05) is 0 Å². The third-order valence-corrected chi connectivity index (χ3v) is 2.61. The molecule has 0 spiro atoms. The number of rotatable bonds is 5. The molecule has 0 radical (unpaired) electrons. The predicted octanol–water partition coefficient (Wildman–Crippen LogP) is 1.66. The maximum absolute atomic E-state index is 12.0. The van der Waals surface area contributed by atoms with E-state index in [9.17, 15) is 8.78 Å². The van der Waals surface area contributed by atoms with Crippen molar-refractivity contribution < 1.29 is 13.5 Å². The van der Waals surface area contributed by atoms with Crippen molar-refractivity contribution in [2.45, 2.75) is 19.1 Å². The first-order valence-corrected chi connectivity index (χ1v) is 5.70. The second-order valence-corrected chi connectivity index (χ2v) is 4.14. The van der Waals surface area contributed by atoms with E-state index in [1.54, 1.807) is 30.1 Å². The van der Waals surface area contributed by atoms with E-state index in [1.807, 2.05) is 0 Å². The Hall–Kier alpha value is -2.02. The zero-order valence-electron chi connectivity index (χ0n) is 10.3.